The SMILES string of the molecule is C.C.C=COCC(Nc1ncc(C#N)cn1)c1ccc(F)cc1F.Fc1ccc(C(COC2CC2)Nc2ncc(-c3cn[nH]n3)cn2)c(F)c1.Fc1ccc(C(COC2CC2)Nc2ncc(-c3nnc(C(F)F)o3)cn2)c(F)c1.N#Cc1cnc(NC(COC2CC2)c2ccc(F)cc2F)nc1.[I-].[K+].[K][K]. The van der Waals surface area contributed by atoms with Crippen LogP contribution < -0.4 is 96.6 Å². The van der Waals surface area contributed by atoms with Crippen LogP contribution in [0.3, 0.4) is 0 Å². The fourth-order valence-electron chi connectivity index (χ4n) is 8.91. The van der Waals surface area contributed by atoms with Gasteiger partial charge in [0.2, 0.25) is 23.8 Å². The van der Waals surface area contributed by atoms with Gasteiger partial charge in [-0.25, -0.2) is 75.0 Å². The molecule has 542 valence electrons. The summed E-state index contributed by atoms with van der Waals surface area (Å²) in [4.78, 5) is 32.5. The minimum absolute atomic E-state index is 0. The standard InChI is InChI=1S/C18H15F4N5O2.C17H16F2N6O.C16H14F2N4O.C15H12F2N4O.2CH4.HI.3K/c19-10-1-4-12(13(20)5-10)14(8-28-11-2-3-11)25-18-23-6-9(7-24-18)16-26-27-17(29-16)15(21)22;18-11-1-4-13(14(19)5-11)16(9-26-12-2-3-12)23-17-20-6-10(7-21-17)15-8-22-25-24-15;17-11-1-4-13(14(18)5-11)15(9-23-12-2-3-12)22-16-20-7-10(6-19)8-21-16;1-2-22-9-14(12-4-3-11(16)5-13(12)17)21-15-19-7-10(6-18)8-20-15;;;;;;/h1,4-7,11,14-15H,2-3,8H2,(H,23,24,25);1,4-8,12,16H,2-3,9H2,(H,20,21,23)(H,22,24,25);1,4-5,7-8,12,15H,2-3,9H2,(H,20,21,22);2-5,7-8,14H,1,9H2,(H,19,20,21);2*1H4;1H;;;/q;;;;;;;;;+1/p-1. The Morgan fingerprint density at radius 2 is 0.821 bits per heavy atom. The molecule has 3 fully saturated rings. The first kappa shape index (κ1) is 90.6. The summed E-state index contributed by atoms with van der Waals surface area (Å²) in [5.41, 5.74) is 3.18. The summed E-state index contributed by atoms with van der Waals surface area (Å²) in [7, 11) is 0. The van der Waals surface area contributed by atoms with Crippen molar-refractivity contribution in [3.05, 3.63) is 227 Å². The summed E-state index contributed by atoms with van der Waals surface area (Å²) in [5.74, 6) is -5.39. The molecular formula is C68H65F10IK3N19O5. The molecule has 38 heteroatoms. The molecule has 4 atom stereocenters. The van der Waals surface area contributed by atoms with Crippen LogP contribution in [0, 0.1) is 69.2 Å². The number of rotatable bonds is 27. The van der Waals surface area contributed by atoms with E-state index in [1.807, 2.05) is 12.1 Å². The fourth-order valence-corrected chi connectivity index (χ4v) is 8.91. The molecule has 106 heavy (non-hydrogen) atoms. The Bertz CT molecular complexity index is 4410. The number of hydrogen-bond acceptors (Lipinski definition) is 23. The number of aromatic amines is 1. The van der Waals surface area contributed by atoms with Gasteiger partial charge in [-0.1, -0.05) is 45.7 Å². The molecule has 24 nitrogen and oxygen atoms in total. The molecule has 5 N–H and O–H groups in total. The molecule has 6 heterocycles. The van der Waals surface area contributed by atoms with Gasteiger partial charge < -0.3 is 68.6 Å². The van der Waals surface area contributed by atoms with Gasteiger partial charge in [0.05, 0.1) is 116 Å². The number of benzene rings is 4. The van der Waals surface area contributed by atoms with Crippen molar-refractivity contribution in [1.82, 2.24) is 65.5 Å². The Labute approximate surface area is 707 Å². The minimum atomic E-state index is -2.88. The third-order valence-corrected chi connectivity index (χ3v) is 14.5. The van der Waals surface area contributed by atoms with Gasteiger partial charge in [-0.05, 0) is 62.8 Å². The van der Waals surface area contributed by atoms with Crippen molar-refractivity contribution in [3.8, 4) is 34.8 Å². The van der Waals surface area contributed by atoms with E-state index in [1.165, 1.54) is 143 Å². The van der Waals surface area contributed by atoms with Gasteiger partial charge in [-0.2, -0.15) is 34.7 Å². The first-order valence-corrected chi connectivity index (χ1v) is 47.5. The van der Waals surface area contributed by atoms with Gasteiger partial charge in [-0.15, -0.1) is 10.2 Å². The summed E-state index contributed by atoms with van der Waals surface area (Å²) >= 11 is 2.50. The molecule has 10 aromatic rings. The monoisotopic (exact) mass is 1660 g/mol. The molecule has 13 rings (SSSR count). The average molecular weight is 1660 g/mol. The van der Waals surface area contributed by atoms with Crippen LogP contribution in [-0.4, -0.2) is 173 Å². The molecular weight excluding hydrogens is 1600 g/mol. The van der Waals surface area contributed by atoms with Crippen LogP contribution in [0.4, 0.5) is 67.7 Å². The summed E-state index contributed by atoms with van der Waals surface area (Å²) < 4.78 is 161. The van der Waals surface area contributed by atoms with Crippen LogP contribution in [-0.2, 0) is 18.9 Å². The van der Waals surface area contributed by atoms with Crippen LogP contribution in [0.1, 0.15) is 123 Å². The Morgan fingerprint density at radius 3 is 1.09 bits per heavy atom. The van der Waals surface area contributed by atoms with E-state index >= 15 is 0 Å². The molecule has 3 aliphatic carbocycles. The van der Waals surface area contributed by atoms with Crippen LogP contribution >= 0.6 is 0 Å². The first-order valence-electron chi connectivity index (χ1n) is 31.5. The number of nitriles is 2. The molecule has 0 aliphatic heterocycles. The fraction of sp³-hybridized carbons (Fsp3) is 0.294. The maximum atomic E-state index is 14.2. The molecule has 4 aromatic carbocycles. The number of aromatic nitrogens is 13. The van der Waals surface area contributed by atoms with Crippen molar-refractivity contribution in [2.24, 2.45) is 0 Å². The van der Waals surface area contributed by atoms with E-state index in [-0.39, 0.29) is 181 Å². The number of alkyl halides is 2. The van der Waals surface area contributed by atoms with E-state index in [9.17, 15) is 43.9 Å². The molecule has 0 bridgehead atoms. The zero-order valence-electron chi connectivity index (χ0n) is 55.6. The molecule has 4 unspecified atom stereocenters. The van der Waals surface area contributed by atoms with Crippen molar-refractivity contribution in [2.75, 3.05) is 47.7 Å². The van der Waals surface area contributed by atoms with E-state index in [2.05, 4.69) is 93.3 Å². The molecule has 0 amide bonds. The van der Waals surface area contributed by atoms with Gasteiger partial charge >= 0.3 is 121 Å². The van der Waals surface area contributed by atoms with E-state index < -0.39 is 83.0 Å². The second kappa shape index (κ2) is 46.5. The Hall–Kier alpha value is -5.98. The number of nitrogens with zero attached hydrogens (tertiary/aromatic N) is 14. The maximum absolute atomic E-state index is 14.2. The van der Waals surface area contributed by atoms with Gasteiger partial charge in [0.25, 0.3) is 11.8 Å². The molecule has 3 saturated carbocycles. The number of hydrogen-bond donors (Lipinski definition) is 5. The zero-order chi connectivity index (χ0) is 72.5. The topological polar surface area (TPSA) is 316 Å². The molecule has 0 radical (unpaired) electrons. The second-order valence-electron chi connectivity index (χ2n) is 22.1. The Kier molecular flexibility index (Phi) is 39.8. The number of H-pyrrole nitrogens is 1. The first-order chi connectivity index (χ1) is 49.5. The van der Waals surface area contributed by atoms with Crippen LogP contribution in [0.2, 0.25) is 0 Å². The summed E-state index contributed by atoms with van der Waals surface area (Å²) in [6.45, 7) is 4.07. The summed E-state index contributed by atoms with van der Waals surface area (Å²) in [5, 5.41) is 46.3. The number of anilines is 4. The van der Waals surface area contributed by atoms with E-state index in [0.717, 1.165) is 74.9 Å². The van der Waals surface area contributed by atoms with Crippen molar-refractivity contribution in [3.63, 3.8) is 0 Å². The van der Waals surface area contributed by atoms with E-state index in [4.69, 9.17) is 33.9 Å². The van der Waals surface area contributed by atoms with Gasteiger partial charge in [-0.3, -0.25) is 0 Å². The van der Waals surface area contributed by atoms with Crippen molar-refractivity contribution >= 4 is 86.9 Å². The third kappa shape index (κ3) is 29.1. The molecule has 0 saturated heterocycles. The molecule has 3 aliphatic rings. The van der Waals surface area contributed by atoms with Gasteiger partial charge in [0.15, 0.2) is 0 Å². The summed E-state index contributed by atoms with van der Waals surface area (Å²) in [6.07, 6.45) is 17.5. The normalized spacial score (nSPS) is 13.4. The third-order valence-electron chi connectivity index (χ3n) is 14.5. The van der Waals surface area contributed by atoms with Crippen molar-refractivity contribution < 1.29 is 143 Å². The number of nitrogens with one attached hydrogen (secondary N) is 5. The van der Waals surface area contributed by atoms with E-state index in [0.29, 0.717) is 33.9 Å². The van der Waals surface area contributed by atoms with Crippen LogP contribution in [0.5, 0.6) is 0 Å². The predicted molar refractivity (Wildman–Crippen MR) is 360 cm³/mol. The number of halogens is 11. The van der Waals surface area contributed by atoms with Gasteiger partial charge in [0, 0.05) is 76.9 Å². The average Bonchev–Trinajstić information content (AvgIpc) is 1.50. The zero-order valence-corrected chi connectivity index (χ0v) is 67.1. The van der Waals surface area contributed by atoms with Crippen molar-refractivity contribution in [1.29, 1.82) is 10.5 Å². The quantitative estimate of drug-likeness (QED) is 0.0145. The molecule has 0 spiro atoms. The van der Waals surface area contributed by atoms with Gasteiger partial charge in [0.1, 0.15) is 71.0 Å². The predicted octanol–water partition coefficient (Wildman–Crippen LogP) is 7.36. The summed E-state index contributed by atoms with van der Waals surface area (Å²) in [6, 6.07) is 14.9. The van der Waals surface area contributed by atoms with Crippen molar-refractivity contribution in [2.45, 2.75) is 102 Å². The van der Waals surface area contributed by atoms with Crippen LogP contribution in [0.25, 0.3) is 22.7 Å². The van der Waals surface area contributed by atoms with Crippen LogP contribution in [0.15, 0.2) is 146 Å². The molecule has 6 aromatic heterocycles. The Morgan fingerprint density at radius 1 is 0.500 bits per heavy atom. The number of ether oxygens (including phenoxy) is 4. The second-order valence-corrected chi connectivity index (χ2v) is 22.1. The van der Waals surface area contributed by atoms with E-state index in [1.54, 1.807) is 18.6 Å². The Balaban J connectivity index is 0.000000250.